The Bertz CT molecular complexity index is 1360. The third kappa shape index (κ3) is 5.97. The minimum absolute atomic E-state index is 0.0137. The molecule has 2 amide bonds. The van der Waals surface area contributed by atoms with Gasteiger partial charge in [0.15, 0.2) is 5.76 Å². The standard InChI is InChI=1S/C26H27FN6O5/c1-17-6-11-22(38-17)25-29-31-33(30-25)16-23(34)32(15-21-5-3-13-37-21)24(18-7-9-19(27)10-8-18)26(35)28-14-20-4-2-12-36-20/h3,5-11,13,20,24H,2,4,12,14-16H2,1H3,(H,28,35). The van der Waals surface area contributed by atoms with Crippen LogP contribution in [0.1, 0.15) is 36.0 Å². The van der Waals surface area contributed by atoms with Crippen LogP contribution in [0.3, 0.4) is 0 Å². The Kier molecular flexibility index (Phi) is 7.59. The molecule has 0 saturated carbocycles. The zero-order valence-corrected chi connectivity index (χ0v) is 20.7. The van der Waals surface area contributed by atoms with Gasteiger partial charge in [0.1, 0.15) is 29.9 Å². The van der Waals surface area contributed by atoms with Crippen molar-refractivity contribution in [2.45, 2.75) is 45.0 Å². The molecule has 198 valence electrons. The molecule has 1 aliphatic heterocycles. The Morgan fingerprint density at radius 1 is 1.21 bits per heavy atom. The van der Waals surface area contributed by atoms with Crippen molar-refractivity contribution in [3.05, 3.63) is 77.7 Å². The van der Waals surface area contributed by atoms with E-state index in [1.54, 1.807) is 31.2 Å². The normalized spacial score (nSPS) is 15.9. The van der Waals surface area contributed by atoms with Crippen molar-refractivity contribution in [2.24, 2.45) is 0 Å². The van der Waals surface area contributed by atoms with Crippen LogP contribution in [0.15, 0.2) is 63.6 Å². The fourth-order valence-electron chi connectivity index (χ4n) is 4.30. The maximum Gasteiger partial charge on any atom is 0.247 e. The lowest BCUT2D eigenvalue weighted by molar-refractivity contribution is -0.142. The first-order valence-electron chi connectivity index (χ1n) is 12.3. The van der Waals surface area contributed by atoms with E-state index in [1.165, 1.54) is 35.4 Å². The van der Waals surface area contributed by atoms with Crippen molar-refractivity contribution in [3.8, 4) is 11.6 Å². The van der Waals surface area contributed by atoms with Gasteiger partial charge >= 0.3 is 0 Å². The third-order valence-electron chi connectivity index (χ3n) is 6.19. The van der Waals surface area contributed by atoms with Gasteiger partial charge < -0.3 is 23.8 Å². The van der Waals surface area contributed by atoms with E-state index in [-0.39, 0.29) is 25.0 Å². The first kappa shape index (κ1) is 25.3. The van der Waals surface area contributed by atoms with Crippen molar-refractivity contribution < 1.29 is 27.6 Å². The molecule has 1 N–H and O–H groups in total. The van der Waals surface area contributed by atoms with Crippen LogP contribution in [0.5, 0.6) is 0 Å². The number of tetrazole rings is 1. The molecule has 0 bridgehead atoms. The Hall–Kier alpha value is -4.32. The fourth-order valence-corrected chi connectivity index (χ4v) is 4.30. The maximum atomic E-state index is 13.8. The molecule has 3 aromatic heterocycles. The molecule has 0 radical (unpaired) electrons. The molecule has 1 aliphatic rings. The van der Waals surface area contributed by atoms with Crippen molar-refractivity contribution in [1.82, 2.24) is 30.4 Å². The first-order valence-corrected chi connectivity index (χ1v) is 12.3. The highest BCUT2D eigenvalue weighted by molar-refractivity contribution is 5.88. The number of carbonyl (C=O) groups is 2. The van der Waals surface area contributed by atoms with Crippen molar-refractivity contribution in [3.63, 3.8) is 0 Å². The molecule has 12 heteroatoms. The van der Waals surface area contributed by atoms with Crippen molar-refractivity contribution in [2.75, 3.05) is 13.2 Å². The summed E-state index contributed by atoms with van der Waals surface area (Å²) in [6.45, 7) is 2.43. The van der Waals surface area contributed by atoms with E-state index in [0.29, 0.717) is 36.0 Å². The second kappa shape index (κ2) is 11.4. The molecule has 5 rings (SSSR count). The fraction of sp³-hybridized carbons (Fsp3) is 0.346. The van der Waals surface area contributed by atoms with Gasteiger partial charge in [0.25, 0.3) is 0 Å². The number of benzene rings is 1. The summed E-state index contributed by atoms with van der Waals surface area (Å²) < 4.78 is 30.4. The van der Waals surface area contributed by atoms with E-state index < -0.39 is 23.7 Å². The number of hydrogen-bond donors (Lipinski definition) is 1. The summed E-state index contributed by atoms with van der Waals surface area (Å²) in [5.74, 6) is 0.458. The molecule has 1 fully saturated rings. The number of ether oxygens (including phenoxy) is 1. The lowest BCUT2D eigenvalue weighted by atomic mass is 10.0. The summed E-state index contributed by atoms with van der Waals surface area (Å²) in [5, 5.41) is 15.1. The van der Waals surface area contributed by atoms with Crippen LogP contribution in [-0.4, -0.2) is 56.2 Å². The van der Waals surface area contributed by atoms with E-state index >= 15 is 0 Å². The lowest BCUT2D eigenvalue weighted by Gasteiger charge is -2.31. The average Bonchev–Trinajstić information content (AvgIpc) is 3.72. The van der Waals surface area contributed by atoms with Gasteiger partial charge in [-0.2, -0.15) is 4.80 Å². The zero-order chi connectivity index (χ0) is 26.5. The number of nitrogens with one attached hydrogen (secondary N) is 1. The smallest absolute Gasteiger partial charge is 0.247 e. The minimum atomic E-state index is -1.08. The monoisotopic (exact) mass is 522 g/mol. The molecule has 1 aromatic carbocycles. The SMILES string of the molecule is Cc1ccc(-c2nnn(CC(=O)N(Cc3ccco3)C(C(=O)NCC3CCCO3)c3ccc(F)cc3)n2)o1. The summed E-state index contributed by atoms with van der Waals surface area (Å²) in [6.07, 6.45) is 3.16. The number of amides is 2. The largest absolute Gasteiger partial charge is 0.467 e. The molecular weight excluding hydrogens is 495 g/mol. The second-order valence-corrected chi connectivity index (χ2v) is 8.99. The minimum Gasteiger partial charge on any atom is -0.467 e. The summed E-state index contributed by atoms with van der Waals surface area (Å²) in [6, 6.07) is 11.3. The lowest BCUT2D eigenvalue weighted by Crippen LogP contribution is -2.46. The molecule has 4 aromatic rings. The molecule has 2 unspecified atom stereocenters. The summed E-state index contributed by atoms with van der Waals surface area (Å²) in [5.41, 5.74) is 0.439. The first-order chi connectivity index (χ1) is 18.5. The number of aryl methyl sites for hydroxylation is 1. The number of nitrogens with zero attached hydrogens (tertiary/aromatic N) is 5. The van der Waals surface area contributed by atoms with Crippen LogP contribution >= 0.6 is 0 Å². The van der Waals surface area contributed by atoms with Gasteiger partial charge in [-0.25, -0.2) is 4.39 Å². The number of halogens is 1. The van der Waals surface area contributed by atoms with Gasteiger partial charge in [0.05, 0.1) is 18.9 Å². The molecule has 2 atom stereocenters. The third-order valence-corrected chi connectivity index (χ3v) is 6.19. The molecule has 38 heavy (non-hydrogen) atoms. The average molecular weight is 523 g/mol. The summed E-state index contributed by atoms with van der Waals surface area (Å²) in [7, 11) is 0. The van der Waals surface area contributed by atoms with Crippen molar-refractivity contribution in [1.29, 1.82) is 0 Å². The highest BCUT2D eigenvalue weighted by atomic mass is 19.1. The topological polar surface area (TPSA) is 129 Å². The van der Waals surface area contributed by atoms with Gasteiger partial charge in [0.2, 0.25) is 17.6 Å². The maximum absolute atomic E-state index is 13.8. The van der Waals surface area contributed by atoms with Crippen LogP contribution < -0.4 is 5.32 Å². The Morgan fingerprint density at radius 3 is 2.74 bits per heavy atom. The van der Waals surface area contributed by atoms with E-state index in [4.69, 9.17) is 13.6 Å². The van der Waals surface area contributed by atoms with Gasteiger partial charge in [-0.15, -0.1) is 10.2 Å². The van der Waals surface area contributed by atoms with Gasteiger partial charge in [-0.3, -0.25) is 9.59 Å². The number of rotatable bonds is 10. The van der Waals surface area contributed by atoms with Gasteiger partial charge in [-0.1, -0.05) is 12.1 Å². The quantitative estimate of drug-likeness (QED) is 0.337. The Labute approximate surface area is 217 Å². The van der Waals surface area contributed by atoms with Crippen LogP contribution in [-0.2, 0) is 27.4 Å². The molecule has 11 nitrogen and oxygen atoms in total. The Balaban J connectivity index is 1.42. The van der Waals surface area contributed by atoms with Crippen LogP contribution in [0.25, 0.3) is 11.6 Å². The number of carbonyl (C=O) groups excluding carboxylic acids is 2. The van der Waals surface area contributed by atoms with E-state index in [2.05, 4.69) is 20.7 Å². The highest BCUT2D eigenvalue weighted by Gasteiger charge is 2.33. The van der Waals surface area contributed by atoms with Gasteiger partial charge in [0, 0.05) is 13.2 Å². The second-order valence-electron chi connectivity index (χ2n) is 8.99. The Morgan fingerprint density at radius 2 is 2.05 bits per heavy atom. The molecule has 0 aliphatic carbocycles. The molecule has 4 heterocycles. The van der Waals surface area contributed by atoms with E-state index in [9.17, 15) is 14.0 Å². The van der Waals surface area contributed by atoms with Crippen LogP contribution in [0.2, 0.25) is 0 Å². The number of furan rings is 2. The van der Waals surface area contributed by atoms with Crippen LogP contribution in [0.4, 0.5) is 4.39 Å². The van der Waals surface area contributed by atoms with Gasteiger partial charge in [-0.05, 0) is 66.9 Å². The number of hydrogen-bond acceptors (Lipinski definition) is 8. The van der Waals surface area contributed by atoms with E-state index in [0.717, 1.165) is 17.6 Å². The van der Waals surface area contributed by atoms with Crippen LogP contribution in [0, 0.1) is 12.7 Å². The molecule has 1 saturated heterocycles. The summed E-state index contributed by atoms with van der Waals surface area (Å²) >= 11 is 0. The summed E-state index contributed by atoms with van der Waals surface area (Å²) in [4.78, 5) is 29.7. The number of aromatic nitrogens is 4. The van der Waals surface area contributed by atoms with E-state index in [1.807, 2.05) is 0 Å². The highest BCUT2D eigenvalue weighted by Crippen LogP contribution is 2.25. The predicted molar refractivity (Wildman–Crippen MR) is 131 cm³/mol. The zero-order valence-electron chi connectivity index (χ0n) is 20.7. The molecular formula is C26H27FN6O5. The van der Waals surface area contributed by atoms with Crippen molar-refractivity contribution >= 4 is 11.8 Å². The predicted octanol–water partition coefficient (Wildman–Crippen LogP) is 3.04. The molecule has 0 spiro atoms.